The lowest BCUT2D eigenvalue weighted by molar-refractivity contribution is -0.137. The molecule has 2 N–H and O–H groups in total. The van der Waals surface area contributed by atoms with Crippen LogP contribution < -0.4 is 0 Å². The van der Waals surface area contributed by atoms with Crippen molar-refractivity contribution in [2.45, 2.75) is 39.5 Å². The molecule has 0 aromatic carbocycles. The number of hydrogen-bond acceptors (Lipinski definition) is 2. The minimum atomic E-state index is -0.682. The van der Waals surface area contributed by atoms with Gasteiger partial charge in [-0.3, -0.25) is 4.79 Å². The molecule has 0 saturated heterocycles. The number of carboxylic acid groups (broad SMARTS) is 1. The van der Waals surface area contributed by atoms with Gasteiger partial charge in [0.05, 0.1) is 0 Å². The van der Waals surface area contributed by atoms with Gasteiger partial charge < -0.3 is 10.2 Å². The topological polar surface area (TPSA) is 57.5 Å². The molecule has 0 amide bonds. The summed E-state index contributed by atoms with van der Waals surface area (Å²) in [5.41, 5.74) is 0. The van der Waals surface area contributed by atoms with Gasteiger partial charge in [0.1, 0.15) is 0 Å². The Kier molecular flexibility index (Phi) is 14.4. The summed E-state index contributed by atoms with van der Waals surface area (Å²) in [6, 6.07) is 0. The molecule has 0 spiro atoms. The van der Waals surface area contributed by atoms with Crippen molar-refractivity contribution >= 4 is 5.97 Å². The fourth-order valence-corrected chi connectivity index (χ4v) is 0.526. The summed E-state index contributed by atoms with van der Waals surface area (Å²) in [5, 5.41) is 15.7. The predicted octanol–water partition coefficient (Wildman–Crippen LogP) is 1.65. The summed E-state index contributed by atoms with van der Waals surface area (Å²) in [7, 11) is 0. The van der Waals surface area contributed by atoms with Gasteiger partial charge in [0, 0.05) is 13.0 Å². The molecular formula is C8H18O3. The van der Waals surface area contributed by atoms with Crippen LogP contribution in [0.15, 0.2) is 0 Å². The number of hydrogen-bond donors (Lipinski definition) is 2. The Bertz CT molecular complexity index is 81.4. The van der Waals surface area contributed by atoms with Gasteiger partial charge in [0.2, 0.25) is 0 Å². The number of carboxylic acids is 1. The first-order valence-electron chi connectivity index (χ1n) is 4.01. The van der Waals surface area contributed by atoms with E-state index in [0.717, 1.165) is 19.3 Å². The van der Waals surface area contributed by atoms with Crippen molar-refractivity contribution in [3.05, 3.63) is 0 Å². The lowest BCUT2D eigenvalue weighted by atomic mass is 10.2. The van der Waals surface area contributed by atoms with Gasteiger partial charge >= 0.3 is 5.97 Å². The molecule has 0 aliphatic carbocycles. The minimum Gasteiger partial charge on any atom is -0.481 e. The third-order valence-corrected chi connectivity index (χ3v) is 0.994. The number of aliphatic hydroxyl groups excluding tert-OH is 1. The maximum Gasteiger partial charge on any atom is 0.303 e. The lowest BCUT2D eigenvalue weighted by Crippen LogP contribution is -1.92. The first-order chi connectivity index (χ1) is 5.18. The molecule has 0 radical (unpaired) electrons. The highest BCUT2D eigenvalue weighted by Gasteiger charge is 1.92. The van der Waals surface area contributed by atoms with Crippen molar-refractivity contribution in [3.63, 3.8) is 0 Å². The van der Waals surface area contributed by atoms with E-state index < -0.39 is 5.97 Å². The zero-order valence-electron chi connectivity index (χ0n) is 7.34. The number of carbonyl (C=O) groups is 1. The molecule has 0 fully saturated rings. The van der Waals surface area contributed by atoms with Crippen molar-refractivity contribution in [1.29, 1.82) is 0 Å². The minimum absolute atomic E-state index is 0.250. The average molecular weight is 162 g/mol. The van der Waals surface area contributed by atoms with Gasteiger partial charge in [0.15, 0.2) is 0 Å². The maximum atomic E-state index is 9.87. The highest BCUT2D eigenvalue weighted by atomic mass is 16.4. The average Bonchev–Trinajstić information content (AvgIpc) is 1.89. The molecule has 0 heterocycles. The number of unbranched alkanes of at least 4 members (excludes halogenated alkanes) is 2. The number of aliphatic carboxylic acids is 1. The number of rotatable bonds is 4. The third-order valence-electron chi connectivity index (χ3n) is 0.994. The van der Waals surface area contributed by atoms with Crippen molar-refractivity contribution < 1.29 is 15.0 Å². The quantitative estimate of drug-likeness (QED) is 0.618. The van der Waals surface area contributed by atoms with E-state index in [9.17, 15) is 4.79 Å². The van der Waals surface area contributed by atoms with Gasteiger partial charge in [-0.25, -0.2) is 0 Å². The van der Waals surface area contributed by atoms with Crippen molar-refractivity contribution in [1.82, 2.24) is 0 Å². The zero-order valence-corrected chi connectivity index (χ0v) is 7.34. The smallest absolute Gasteiger partial charge is 0.303 e. The van der Waals surface area contributed by atoms with Gasteiger partial charge in [-0.1, -0.05) is 19.8 Å². The normalized spacial score (nSPS) is 8.27. The van der Waals surface area contributed by atoms with Crippen LogP contribution in [0.2, 0.25) is 0 Å². The van der Waals surface area contributed by atoms with Crippen LogP contribution in [0.1, 0.15) is 39.5 Å². The molecule has 68 valence electrons. The van der Waals surface area contributed by atoms with Crippen LogP contribution in [0, 0.1) is 0 Å². The largest absolute Gasteiger partial charge is 0.481 e. The Morgan fingerprint density at radius 1 is 1.27 bits per heavy atom. The Hall–Kier alpha value is -0.570. The fourth-order valence-electron chi connectivity index (χ4n) is 0.526. The van der Waals surface area contributed by atoms with Gasteiger partial charge in [-0.15, -0.1) is 0 Å². The van der Waals surface area contributed by atoms with Crippen LogP contribution >= 0.6 is 0 Å². The molecule has 0 unspecified atom stereocenters. The van der Waals surface area contributed by atoms with Gasteiger partial charge in [-0.05, 0) is 13.3 Å². The van der Waals surface area contributed by atoms with E-state index in [1.54, 1.807) is 6.92 Å². The van der Waals surface area contributed by atoms with E-state index in [0.29, 0.717) is 6.42 Å². The SMILES string of the molecule is CCCCCC(=O)O.CCO. The highest BCUT2D eigenvalue weighted by molar-refractivity contribution is 5.66. The van der Waals surface area contributed by atoms with E-state index in [2.05, 4.69) is 6.92 Å². The fraction of sp³-hybridized carbons (Fsp3) is 0.875. The molecule has 3 heteroatoms. The molecule has 0 aromatic rings. The third kappa shape index (κ3) is 26.5. The lowest BCUT2D eigenvalue weighted by Gasteiger charge is -1.89. The summed E-state index contributed by atoms with van der Waals surface area (Å²) in [4.78, 5) is 9.87. The van der Waals surface area contributed by atoms with Crippen LogP contribution in [-0.2, 0) is 4.79 Å². The second kappa shape index (κ2) is 12.1. The Morgan fingerprint density at radius 2 is 1.73 bits per heavy atom. The van der Waals surface area contributed by atoms with Gasteiger partial charge in [0.25, 0.3) is 0 Å². The molecule has 0 aliphatic rings. The van der Waals surface area contributed by atoms with Crippen LogP contribution in [0.4, 0.5) is 0 Å². The molecule has 0 atom stereocenters. The molecule has 0 bridgehead atoms. The van der Waals surface area contributed by atoms with Crippen LogP contribution in [-0.4, -0.2) is 22.8 Å². The molecule has 0 aliphatic heterocycles. The van der Waals surface area contributed by atoms with E-state index in [-0.39, 0.29) is 6.61 Å². The first kappa shape index (κ1) is 13.1. The van der Waals surface area contributed by atoms with Crippen molar-refractivity contribution in [2.75, 3.05) is 6.61 Å². The van der Waals surface area contributed by atoms with E-state index >= 15 is 0 Å². The van der Waals surface area contributed by atoms with Crippen LogP contribution in [0.3, 0.4) is 0 Å². The van der Waals surface area contributed by atoms with Crippen LogP contribution in [0.5, 0.6) is 0 Å². The Morgan fingerprint density at radius 3 is 2.00 bits per heavy atom. The summed E-state index contributed by atoms with van der Waals surface area (Å²) in [6.45, 7) is 3.99. The Balaban J connectivity index is 0. The van der Waals surface area contributed by atoms with Gasteiger partial charge in [-0.2, -0.15) is 0 Å². The summed E-state index contributed by atoms with van der Waals surface area (Å²) in [6.07, 6.45) is 3.28. The van der Waals surface area contributed by atoms with E-state index in [4.69, 9.17) is 10.2 Å². The summed E-state index contributed by atoms with van der Waals surface area (Å²) in [5.74, 6) is -0.682. The molecule has 3 nitrogen and oxygen atoms in total. The second-order valence-corrected chi connectivity index (χ2v) is 2.17. The standard InChI is InChI=1S/C6H12O2.C2H6O/c1-2-3-4-5-6(7)8;1-2-3/h2-5H2,1H3,(H,7,8);3H,2H2,1H3. The maximum absolute atomic E-state index is 9.87. The van der Waals surface area contributed by atoms with Crippen molar-refractivity contribution in [3.8, 4) is 0 Å². The number of aliphatic hydroxyl groups is 1. The molecular weight excluding hydrogens is 144 g/mol. The molecule has 0 saturated carbocycles. The highest BCUT2D eigenvalue weighted by Crippen LogP contribution is 1.97. The zero-order chi connectivity index (χ0) is 9.11. The second-order valence-electron chi connectivity index (χ2n) is 2.17. The van der Waals surface area contributed by atoms with E-state index in [1.165, 1.54) is 0 Å². The van der Waals surface area contributed by atoms with E-state index in [1.807, 2.05) is 0 Å². The molecule has 0 rings (SSSR count). The van der Waals surface area contributed by atoms with Crippen LogP contribution in [0.25, 0.3) is 0 Å². The molecule has 11 heavy (non-hydrogen) atoms. The first-order valence-corrected chi connectivity index (χ1v) is 4.01. The Labute approximate surface area is 68.0 Å². The van der Waals surface area contributed by atoms with Crippen molar-refractivity contribution in [2.24, 2.45) is 0 Å². The molecule has 0 aromatic heterocycles. The predicted molar refractivity (Wildman–Crippen MR) is 44.5 cm³/mol. The summed E-state index contributed by atoms with van der Waals surface area (Å²) < 4.78 is 0. The monoisotopic (exact) mass is 162 g/mol. The summed E-state index contributed by atoms with van der Waals surface area (Å²) >= 11 is 0.